The molecular weight excluding hydrogens is 542 g/mol. The van der Waals surface area contributed by atoms with Crippen molar-refractivity contribution < 1.29 is 27.5 Å². The molecule has 0 radical (unpaired) electrons. The van der Waals surface area contributed by atoms with Crippen molar-refractivity contribution in [1.82, 2.24) is 10.2 Å². The van der Waals surface area contributed by atoms with Crippen LogP contribution in [-0.4, -0.2) is 56.8 Å². The summed E-state index contributed by atoms with van der Waals surface area (Å²) < 4.78 is 37.2. The maximum Gasteiger partial charge on any atom is 0.242 e. The molecular formula is C28H36ClN3O6S. The molecule has 0 spiro atoms. The summed E-state index contributed by atoms with van der Waals surface area (Å²) in [6.45, 7) is 2.13. The first kappa shape index (κ1) is 29.0. The maximum atomic E-state index is 13.5. The minimum absolute atomic E-state index is 0.0676. The number of rotatable bonds is 11. The van der Waals surface area contributed by atoms with Gasteiger partial charge in [0, 0.05) is 36.6 Å². The fourth-order valence-corrected chi connectivity index (χ4v) is 6.20. The number of benzene rings is 2. The molecule has 1 atom stereocenters. The lowest BCUT2D eigenvalue weighted by Crippen LogP contribution is -2.50. The van der Waals surface area contributed by atoms with Crippen LogP contribution in [0.25, 0.3) is 0 Å². The number of carbonyl (C=O) groups is 2. The zero-order valence-corrected chi connectivity index (χ0v) is 24.0. The highest BCUT2D eigenvalue weighted by Crippen LogP contribution is 2.36. The number of ether oxygens (including phenoxy) is 2. The molecule has 2 aromatic carbocycles. The average Bonchev–Trinajstić information content (AvgIpc) is 3.37. The van der Waals surface area contributed by atoms with Gasteiger partial charge in [-0.15, -0.1) is 0 Å². The van der Waals surface area contributed by atoms with Crippen LogP contribution in [0, 0.1) is 0 Å². The highest BCUT2D eigenvalue weighted by molar-refractivity contribution is 7.92. The zero-order chi connectivity index (χ0) is 28.0. The number of sulfonamides is 1. The van der Waals surface area contributed by atoms with Gasteiger partial charge in [-0.1, -0.05) is 43.0 Å². The van der Waals surface area contributed by atoms with Crippen LogP contribution in [0.1, 0.15) is 57.4 Å². The molecule has 4 rings (SSSR count). The number of nitrogens with zero attached hydrogens (tertiary/aromatic N) is 2. The molecule has 1 aliphatic carbocycles. The van der Waals surface area contributed by atoms with Crippen molar-refractivity contribution in [1.29, 1.82) is 0 Å². The molecule has 0 aromatic heterocycles. The van der Waals surface area contributed by atoms with Crippen molar-refractivity contribution in [2.45, 2.75) is 70.5 Å². The first-order valence-corrected chi connectivity index (χ1v) is 15.6. The first-order chi connectivity index (χ1) is 18.6. The predicted molar refractivity (Wildman–Crippen MR) is 150 cm³/mol. The van der Waals surface area contributed by atoms with Gasteiger partial charge in [-0.05, 0) is 56.0 Å². The lowest BCUT2D eigenvalue weighted by atomic mass is 9.95. The largest absolute Gasteiger partial charge is 0.454 e. The van der Waals surface area contributed by atoms with Crippen LogP contribution >= 0.6 is 11.6 Å². The Morgan fingerprint density at radius 3 is 2.54 bits per heavy atom. The van der Waals surface area contributed by atoms with Crippen LogP contribution in [0.15, 0.2) is 42.5 Å². The molecule has 2 amide bonds. The van der Waals surface area contributed by atoms with Gasteiger partial charge in [0.1, 0.15) is 6.04 Å². The lowest BCUT2D eigenvalue weighted by molar-refractivity contribution is -0.141. The Morgan fingerprint density at radius 1 is 1.08 bits per heavy atom. The Bertz CT molecular complexity index is 1280. The van der Waals surface area contributed by atoms with E-state index < -0.39 is 16.1 Å². The van der Waals surface area contributed by atoms with E-state index in [0.717, 1.165) is 37.5 Å². The number of anilines is 1. The quantitative estimate of drug-likeness (QED) is 0.422. The van der Waals surface area contributed by atoms with Crippen LogP contribution in [0.5, 0.6) is 11.5 Å². The van der Waals surface area contributed by atoms with E-state index in [1.165, 1.54) is 10.7 Å². The number of carbonyl (C=O) groups excluding carboxylic acids is 2. The average molecular weight is 578 g/mol. The fourth-order valence-electron chi connectivity index (χ4n) is 5.03. The lowest BCUT2D eigenvalue weighted by Gasteiger charge is -2.31. The molecule has 1 fully saturated rings. The fraction of sp³-hybridized carbons (Fsp3) is 0.500. The van der Waals surface area contributed by atoms with Crippen LogP contribution in [0.4, 0.5) is 5.69 Å². The third-order valence-electron chi connectivity index (χ3n) is 7.16. The summed E-state index contributed by atoms with van der Waals surface area (Å²) in [6.07, 6.45) is 6.71. The zero-order valence-electron chi connectivity index (χ0n) is 22.4. The minimum Gasteiger partial charge on any atom is -0.454 e. The molecule has 11 heteroatoms. The first-order valence-electron chi connectivity index (χ1n) is 13.3. The Balaban J connectivity index is 1.45. The van der Waals surface area contributed by atoms with E-state index in [4.69, 9.17) is 21.1 Å². The van der Waals surface area contributed by atoms with Gasteiger partial charge in [0.2, 0.25) is 28.6 Å². The van der Waals surface area contributed by atoms with E-state index in [0.29, 0.717) is 22.2 Å². The van der Waals surface area contributed by atoms with Gasteiger partial charge in [0.15, 0.2) is 11.5 Å². The number of halogens is 1. The second-order valence-electron chi connectivity index (χ2n) is 10.1. The maximum absolute atomic E-state index is 13.5. The summed E-state index contributed by atoms with van der Waals surface area (Å²) in [5, 5.41) is 3.67. The third kappa shape index (κ3) is 7.79. The van der Waals surface area contributed by atoms with E-state index in [1.807, 2.05) is 12.1 Å². The molecule has 212 valence electrons. The summed E-state index contributed by atoms with van der Waals surface area (Å²) in [5.41, 5.74) is 1.25. The molecule has 1 unspecified atom stereocenters. The molecule has 2 aliphatic rings. The second kappa shape index (κ2) is 12.9. The molecule has 39 heavy (non-hydrogen) atoms. The van der Waals surface area contributed by atoms with E-state index in [2.05, 4.69) is 5.32 Å². The molecule has 1 heterocycles. The highest BCUT2D eigenvalue weighted by atomic mass is 35.5. The van der Waals surface area contributed by atoms with Gasteiger partial charge >= 0.3 is 0 Å². The van der Waals surface area contributed by atoms with Gasteiger partial charge < -0.3 is 19.7 Å². The highest BCUT2D eigenvalue weighted by Gasteiger charge is 2.29. The Kier molecular flexibility index (Phi) is 9.61. The van der Waals surface area contributed by atoms with E-state index in [-0.39, 0.29) is 50.6 Å². The van der Waals surface area contributed by atoms with Crippen molar-refractivity contribution in [3.63, 3.8) is 0 Å². The topological polar surface area (TPSA) is 105 Å². The van der Waals surface area contributed by atoms with E-state index >= 15 is 0 Å². The van der Waals surface area contributed by atoms with Crippen LogP contribution in [-0.2, 0) is 26.2 Å². The van der Waals surface area contributed by atoms with Crippen molar-refractivity contribution in [3.8, 4) is 11.5 Å². The Morgan fingerprint density at radius 2 is 1.82 bits per heavy atom. The monoisotopic (exact) mass is 577 g/mol. The van der Waals surface area contributed by atoms with Crippen molar-refractivity contribution in [2.24, 2.45) is 0 Å². The Hall–Kier alpha value is -2.98. The summed E-state index contributed by atoms with van der Waals surface area (Å²) in [7, 11) is -3.62. The molecule has 0 saturated heterocycles. The molecule has 0 bridgehead atoms. The van der Waals surface area contributed by atoms with Gasteiger partial charge in [-0.25, -0.2) is 8.42 Å². The number of hydrogen-bond acceptors (Lipinski definition) is 6. The van der Waals surface area contributed by atoms with Gasteiger partial charge in [0.05, 0.1) is 11.9 Å². The molecule has 9 nitrogen and oxygen atoms in total. The van der Waals surface area contributed by atoms with Crippen LogP contribution in [0.2, 0.25) is 5.02 Å². The van der Waals surface area contributed by atoms with Crippen LogP contribution in [0.3, 0.4) is 0 Å². The second-order valence-corrected chi connectivity index (χ2v) is 12.5. The normalized spacial score (nSPS) is 16.0. The number of nitrogens with one attached hydrogen (secondary N) is 1. The SMILES string of the molecule is CC(C(=O)NC1CCCCC1)N(Cc1cccc(Cl)c1)C(=O)CCCN(c1ccc2c(c1)OCO2)S(C)(=O)=O. The van der Waals surface area contributed by atoms with Crippen LogP contribution < -0.4 is 19.1 Å². The van der Waals surface area contributed by atoms with Gasteiger partial charge in [0.25, 0.3) is 0 Å². The van der Waals surface area contributed by atoms with Crippen molar-refractivity contribution in [2.75, 3.05) is 23.9 Å². The summed E-state index contributed by atoms with van der Waals surface area (Å²) in [6, 6.07) is 11.6. The summed E-state index contributed by atoms with van der Waals surface area (Å²) >= 11 is 6.17. The minimum atomic E-state index is -3.62. The smallest absolute Gasteiger partial charge is 0.242 e. The number of amides is 2. The Labute approximate surface area is 235 Å². The third-order valence-corrected chi connectivity index (χ3v) is 8.59. The summed E-state index contributed by atoms with van der Waals surface area (Å²) in [5.74, 6) is 0.609. The van der Waals surface area contributed by atoms with E-state index in [9.17, 15) is 18.0 Å². The molecule has 1 N–H and O–H groups in total. The van der Waals surface area contributed by atoms with Gasteiger partial charge in [-0.2, -0.15) is 0 Å². The standard InChI is InChI=1S/C28H36ClN3O6S/c1-20(28(34)30-23-10-4-3-5-11-23)31(18-21-8-6-9-22(29)16-21)27(33)12-7-15-32(39(2,35)36)24-13-14-25-26(17-24)38-19-37-25/h6,8-9,13-14,16-17,20,23H,3-5,7,10-12,15,18-19H2,1-2H3,(H,30,34). The molecule has 1 aliphatic heterocycles. The van der Waals surface area contributed by atoms with E-state index in [1.54, 1.807) is 42.2 Å². The summed E-state index contributed by atoms with van der Waals surface area (Å²) in [4.78, 5) is 28.2. The number of fused-ring (bicyclic) bond motifs is 1. The van der Waals surface area contributed by atoms with Crippen molar-refractivity contribution in [3.05, 3.63) is 53.1 Å². The predicted octanol–water partition coefficient (Wildman–Crippen LogP) is 4.48. The van der Waals surface area contributed by atoms with Gasteiger partial charge in [-0.3, -0.25) is 13.9 Å². The molecule has 2 aromatic rings. The van der Waals surface area contributed by atoms with Crippen molar-refractivity contribution >= 4 is 39.1 Å². The molecule has 1 saturated carbocycles. The number of hydrogen-bond donors (Lipinski definition) is 1.